The van der Waals surface area contributed by atoms with Gasteiger partial charge in [0.1, 0.15) is 0 Å². The third-order valence-corrected chi connectivity index (χ3v) is 5.13. The summed E-state index contributed by atoms with van der Waals surface area (Å²) < 4.78 is 0. The summed E-state index contributed by atoms with van der Waals surface area (Å²) in [5.41, 5.74) is 4.41. The van der Waals surface area contributed by atoms with Crippen molar-refractivity contribution < 1.29 is 0 Å². The summed E-state index contributed by atoms with van der Waals surface area (Å²) in [5, 5.41) is 1.98. The minimum absolute atomic E-state index is 0.753. The number of fused-ring (bicyclic) bond motifs is 1. The summed E-state index contributed by atoms with van der Waals surface area (Å²) in [6.07, 6.45) is 4.16. The molecule has 1 fully saturated rings. The molecule has 4 rings (SSSR count). The van der Waals surface area contributed by atoms with Crippen molar-refractivity contribution in [3.05, 3.63) is 70.9 Å². The smallest absolute Gasteiger partial charge is 0.0730 e. The van der Waals surface area contributed by atoms with Gasteiger partial charge in [0.2, 0.25) is 0 Å². The third kappa shape index (κ3) is 3.74. The summed E-state index contributed by atoms with van der Waals surface area (Å²) in [6.45, 7) is 4.27. The normalized spacial score (nSPS) is 15.8. The number of likely N-dealkylation sites (N-methyl/N-ethyl adjacent to an activating group) is 1. The molecule has 0 unspecified atom stereocenters. The fourth-order valence-corrected chi connectivity index (χ4v) is 3.45. The molecule has 0 saturated carbocycles. The molecule has 0 radical (unpaired) electrons. The Bertz CT molecular complexity index is 926. The van der Waals surface area contributed by atoms with E-state index in [0.717, 1.165) is 48.0 Å². The summed E-state index contributed by atoms with van der Waals surface area (Å²) in [6, 6.07) is 18.5. The third-order valence-electron chi connectivity index (χ3n) is 4.87. The maximum atomic E-state index is 5.97. The fourth-order valence-electron chi connectivity index (χ4n) is 3.33. The highest BCUT2D eigenvalue weighted by molar-refractivity contribution is 6.30. The molecule has 4 heteroatoms. The van der Waals surface area contributed by atoms with Gasteiger partial charge in [0.25, 0.3) is 0 Å². The van der Waals surface area contributed by atoms with E-state index in [4.69, 9.17) is 16.6 Å². The molecule has 132 valence electrons. The van der Waals surface area contributed by atoms with Crippen LogP contribution in [-0.4, -0.2) is 43.1 Å². The first-order chi connectivity index (χ1) is 12.7. The van der Waals surface area contributed by atoms with Gasteiger partial charge in [-0.15, -0.1) is 0 Å². The van der Waals surface area contributed by atoms with Crippen molar-refractivity contribution in [1.29, 1.82) is 0 Å². The average Bonchev–Trinajstić information content (AvgIpc) is 2.67. The Balaban J connectivity index is 1.70. The van der Waals surface area contributed by atoms with Crippen LogP contribution in [-0.2, 0) is 0 Å². The minimum atomic E-state index is 0.753. The zero-order valence-corrected chi connectivity index (χ0v) is 15.7. The van der Waals surface area contributed by atoms with Crippen molar-refractivity contribution in [1.82, 2.24) is 9.88 Å². The topological polar surface area (TPSA) is 19.4 Å². The van der Waals surface area contributed by atoms with E-state index in [1.54, 1.807) is 0 Å². The monoisotopic (exact) mass is 363 g/mol. The van der Waals surface area contributed by atoms with Crippen molar-refractivity contribution in [2.45, 2.75) is 0 Å². The number of hydrogen-bond donors (Lipinski definition) is 0. The van der Waals surface area contributed by atoms with Crippen LogP contribution in [0.3, 0.4) is 0 Å². The highest BCUT2D eigenvalue weighted by atomic mass is 35.5. The van der Waals surface area contributed by atoms with Crippen LogP contribution in [0.25, 0.3) is 23.1 Å². The lowest BCUT2D eigenvalue weighted by Crippen LogP contribution is -2.44. The Kier molecular flexibility index (Phi) is 4.91. The van der Waals surface area contributed by atoms with Crippen LogP contribution < -0.4 is 4.90 Å². The van der Waals surface area contributed by atoms with Crippen LogP contribution in [0.2, 0.25) is 5.02 Å². The molecule has 3 nitrogen and oxygen atoms in total. The van der Waals surface area contributed by atoms with E-state index in [0.29, 0.717) is 0 Å². The molecule has 0 amide bonds. The first-order valence-corrected chi connectivity index (χ1v) is 9.34. The lowest BCUT2D eigenvalue weighted by atomic mass is 10.1. The second-order valence-electron chi connectivity index (χ2n) is 6.76. The molecule has 0 aliphatic carbocycles. The molecule has 0 spiro atoms. The molecular weight excluding hydrogens is 342 g/mol. The van der Waals surface area contributed by atoms with Crippen LogP contribution in [0.4, 0.5) is 5.69 Å². The lowest BCUT2D eigenvalue weighted by Gasteiger charge is -2.34. The van der Waals surface area contributed by atoms with Crippen LogP contribution >= 0.6 is 11.6 Å². The lowest BCUT2D eigenvalue weighted by molar-refractivity contribution is 0.313. The second kappa shape index (κ2) is 7.48. The van der Waals surface area contributed by atoms with Crippen molar-refractivity contribution >= 4 is 40.3 Å². The predicted molar refractivity (Wildman–Crippen MR) is 112 cm³/mol. The van der Waals surface area contributed by atoms with Gasteiger partial charge >= 0.3 is 0 Å². The molecule has 3 aromatic rings. The molecule has 1 saturated heterocycles. The zero-order valence-electron chi connectivity index (χ0n) is 14.9. The van der Waals surface area contributed by atoms with Crippen LogP contribution in [0.1, 0.15) is 11.3 Å². The van der Waals surface area contributed by atoms with Gasteiger partial charge in [0.05, 0.1) is 11.2 Å². The molecule has 1 aliphatic heterocycles. The molecule has 2 aromatic carbocycles. The number of aromatic nitrogens is 1. The van der Waals surface area contributed by atoms with Gasteiger partial charge < -0.3 is 9.80 Å². The SMILES string of the molecule is CN1CCN(c2cc(/C=C/c3ccc(Cl)cc3)nc3ccccc23)CC1. The van der Waals surface area contributed by atoms with E-state index < -0.39 is 0 Å². The van der Waals surface area contributed by atoms with E-state index in [-0.39, 0.29) is 0 Å². The van der Waals surface area contributed by atoms with Gasteiger partial charge in [-0.25, -0.2) is 4.98 Å². The number of para-hydroxylation sites is 1. The van der Waals surface area contributed by atoms with Crippen LogP contribution in [0.15, 0.2) is 54.6 Å². The van der Waals surface area contributed by atoms with Gasteiger partial charge in [0, 0.05) is 42.3 Å². The van der Waals surface area contributed by atoms with E-state index in [1.807, 2.05) is 24.3 Å². The Morgan fingerprint density at radius 1 is 0.923 bits per heavy atom. The van der Waals surface area contributed by atoms with Crippen molar-refractivity contribution in [3.63, 3.8) is 0 Å². The van der Waals surface area contributed by atoms with E-state index in [1.165, 1.54) is 11.1 Å². The quantitative estimate of drug-likeness (QED) is 0.665. The van der Waals surface area contributed by atoms with Crippen LogP contribution in [0.5, 0.6) is 0 Å². The largest absolute Gasteiger partial charge is 0.368 e. The molecule has 0 bridgehead atoms. The van der Waals surface area contributed by atoms with Crippen molar-refractivity contribution in [2.75, 3.05) is 38.1 Å². The number of nitrogens with zero attached hydrogens (tertiary/aromatic N) is 3. The minimum Gasteiger partial charge on any atom is -0.368 e. The molecule has 1 aromatic heterocycles. The Labute approximate surface area is 159 Å². The number of benzene rings is 2. The van der Waals surface area contributed by atoms with Gasteiger partial charge in [-0.05, 0) is 43.0 Å². The molecule has 1 aliphatic rings. The predicted octanol–water partition coefficient (Wildman–Crippen LogP) is 4.81. The van der Waals surface area contributed by atoms with Gasteiger partial charge in [-0.2, -0.15) is 0 Å². The highest BCUT2D eigenvalue weighted by Crippen LogP contribution is 2.28. The maximum Gasteiger partial charge on any atom is 0.0730 e. The standard InChI is InChI=1S/C22H22ClN3/c1-25-12-14-26(15-13-25)22-16-19(24-21-5-3-2-4-20(21)22)11-8-17-6-9-18(23)10-7-17/h2-11,16H,12-15H2,1H3/b11-8+. The Hall–Kier alpha value is -2.36. The van der Waals surface area contributed by atoms with E-state index >= 15 is 0 Å². The van der Waals surface area contributed by atoms with Crippen LogP contribution in [0, 0.1) is 0 Å². The number of halogens is 1. The number of piperazine rings is 1. The Morgan fingerprint density at radius 3 is 2.42 bits per heavy atom. The Morgan fingerprint density at radius 2 is 1.65 bits per heavy atom. The average molecular weight is 364 g/mol. The summed E-state index contributed by atoms with van der Waals surface area (Å²) >= 11 is 5.97. The van der Waals surface area contributed by atoms with E-state index in [9.17, 15) is 0 Å². The van der Waals surface area contributed by atoms with Gasteiger partial charge in [-0.1, -0.05) is 48.0 Å². The first kappa shape index (κ1) is 17.1. The van der Waals surface area contributed by atoms with Gasteiger partial charge in [-0.3, -0.25) is 0 Å². The van der Waals surface area contributed by atoms with E-state index in [2.05, 4.69) is 59.3 Å². The number of rotatable bonds is 3. The van der Waals surface area contributed by atoms with Gasteiger partial charge in [0.15, 0.2) is 0 Å². The molecule has 0 atom stereocenters. The number of anilines is 1. The first-order valence-electron chi connectivity index (χ1n) is 8.96. The van der Waals surface area contributed by atoms with Crippen molar-refractivity contribution in [2.24, 2.45) is 0 Å². The second-order valence-corrected chi connectivity index (χ2v) is 7.20. The molecule has 0 N–H and O–H groups in total. The number of hydrogen-bond acceptors (Lipinski definition) is 3. The molecule has 2 heterocycles. The summed E-state index contributed by atoms with van der Waals surface area (Å²) in [5.74, 6) is 0. The zero-order chi connectivity index (χ0) is 17.9. The summed E-state index contributed by atoms with van der Waals surface area (Å²) in [7, 11) is 2.18. The highest BCUT2D eigenvalue weighted by Gasteiger charge is 2.17. The fraction of sp³-hybridized carbons (Fsp3) is 0.227. The maximum absolute atomic E-state index is 5.97. The molecule has 26 heavy (non-hydrogen) atoms. The molecular formula is C22H22ClN3. The van der Waals surface area contributed by atoms with Crippen molar-refractivity contribution in [3.8, 4) is 0 Å². The number of pyridine rings is 1. The summed E-state index contributed by atoms with van der Waals surface area (Å²) in [4.78, 5) is 9.68.